The van der Waals surface area contributed by atoms with Gasteiger partial charge in [-0.15, -0.1) is 23.1 Å². The first kappa shape index (κ1) is 21.1. The average Bonchev–Trinajstić information content (AvgIpc) is 3.24. The smallest absolute Gasteiger partial charge is 0.357 e. The standard InChI is InChI=1S/C22H21NO4S2/c1-15-3-5-16(6-4-15)11-12-28-18-9-7-17(8-10-18)27-13-20(24)21-23-19(14-29-21)22(25)26-2/h3-10,14H,11-13H2,1-2H3. The van der Waals surface area contributed by atoms with Crippen LogP contribution >= 0.6 is 23.1 Å². The van der Waals surface area contributed by atoms with Crippen molar-refractivity contribution in [2.24, 2.45) is 0 Å². The Bertz CT molecular complexity index is 965. The second-order valence-electron chi connectivity index (χ2n) is 6.30. The number of methoxy groups -OCH3 is 1. The zero-order valence-electron chi connectivity index (χ0n) is 16.2. The Balaban J connectivity index is 1.45. The number of hydrogen-bond acceptors (Lipinski definition) is 7. The molecule has 0 aliphatic rings. The predicted octanol–water partition coefficient (Wildman–Crippen LogP) is 4.83. The van der Waals surface area contributed by atoms with Crippen LogP contribution in [-0.4, -0.2) is 36.2 Å². The van der Waals surface area contributed by atoms with Gasteiger partial charge in [0.2, 0.25) is 5.78 Å². The van der Waals surface area contributed by atoms with E-state index in [0.717, 1.165) is 28.4 Å². The maximum absolute atomic E-state index is 12.2. The molecule has 150 valence electrons. The molecule has 0 aliphatic heterocycles. The number of ketones is 1. The van der Waals surface area contributed by atoms with Crippen LogP contribution in [0.4, 0.5) is 0 Å². The summed E-state index contributed by atoms with van der Waals surface area (Å²) < 4.78 is 10.1. The first-order chi connectivity index (χ1) is 14.0. The van der Waals surface area contributed by atoms with E-state index in [2.05, 4.69) is 40.9 Å². The fourth-order valence-electron chi connectivity index (χ4n) is 2.48. The Morgan fingerprint density at radius 2 is 1.79 bits per heavy atom. The summed E-state index contributed by atoms with van der Waals surface area (Å²) >= 11 is 2.88. The van der Waals surface area contributed by atoms with Crippen molar-refractivity contribution < 1.29 is 19.1 Å². The number of aryl methyl sites for hydroxylation is 2. The first-order valence-corrected chi connectivity index (χ1v) is 10.9. The lowest BCUT2D eigenvalue weighted by Crippen LogP contribution is -2.12. The summed E-state index contributed by atoms with van der Waals surface area (Å²) in [7, 11) is 1.27. The molecule has 0 saturated carbocycles. The predicted molar refractivity (Wildman–Crippen MR) is 115 cm³/mol. The number of benzene rings is 2. The fourth-order valence-corrected chi connectivity index (χ4v) is 4.10. The van der Waals surface area contributed by atoms with Crippen LogP contribution in [0, 0.1) is 6.92 Å². The van der Waals surface area contributed by atoms with Crippen LogP contribution in [0.5, 0.6) is 5.75 Å². The number of ether oxygens (including phenoxy) is 2. The monoisotopic (exact) mass is 427 g/mol. The van der Waals surface area contributed by atoms with Crippen molar-refractivity contribution in [3.8, 4) is 5.75 Å². The molecule has 3 rings (SSSR count). The molecule has 1 heterocycles. The summed E-state index contributed by atoms with van der Waals surface area (Å²) in [5, 5.41) is 1.73. The van der Waals surface area contributed by atoms with E-state index in [-0.39, 0.29) is 23.1 Å². The SMILES string of the molecule is COC(=O)c1csc(C(=O)COc2ccc(SCCc3ccc(C)cc3)cc2)n1. The third-order valence-electron chi connectivity index (χ3n) is 4.11. The first-order valence-electron chi connectivity index (χ1n) is 9.03. The number of thiazole rings is 1. The van der Waals surface area contributed by atoms with Crippen molar-refractivity contribution in [1.29, 1.82) is 0 Å². The minimum atomic E-state index is -0.559. The Hall–Kier alpha value is -2.64. The zero-order valence-corrected chi connectivity index (χ0v) is 17.8. The minimum absolute atomic E-state index is 0.131. The van der Waals surface area contributed by atoms with Crippen molar-refractivity contribution in [2.45, 2.75) is 18.2 Å². The zero-order chi connectivity index (χ0) is 20.6. The van der Waals surface area contributed by atoms with E-state index >= 15 is 0 Å². The molecule has 0 amide bonds. The van der Waals surface area contributed by atoms with E-state index in [4.69, 9.17) is 4.74 Å². The Labute approximate surface area is 178 Å². The van der Waals surface area contributed by atoms with Crippen molar-refractivity contribution >= 4 is 34.9 Å². The Morgan fingerprint density at radius 1 is 1.07 bits per heavy atom. The minimum Gasteiger partial charge on any atom is -0.485 e. The maximum atomic E-state index is 12.2. The van der Waals surface area contributed by atoms with Gasteiger partial charge in [-0.25, -0.2) is 9.78 Å². The molecule has 0 fully saturated rings. The van der Waals surface area contributed by atoms with Gasteiger partial charge >= 0.3 is 5.97 Å². The van der Waals surface area contributed by atoms with Gasteiger partial charge in [0.05, 0.1) is 7.11 Å². The largest absolute Gasteiger partial charge is 0.485 e. The van der Waals surface area contributed by atoms with Gasteiger partial charge in [-0.2, -0.15) is 0 Å². The van der Waals surface area contributed by atoms with Gasteiger partial charge in [0, 0.05) is 16.0 Å². The van der Waals surface area contributed by atoms with Crippen LogP contribution < -0.4 is 4.74 Å². The maximum Gasteiger partial charge on any atom is 0.357 e. The summed E-state index contributed by atoms with van der Waals surface area (Å²) in [6, 6.07) is 16.3. The van der Waals surface area contributed by atoms with Gasteiger partial charge in [-0.3, -0.25) is 4.79 Å². The lowest BCUT2D eigenvalue weighted by Gasteiger charge is -2.06. The van der Waals surface area contributed by atoms with Crippen molar-refractivity contribution in [2.75, 3.05) is 19.5 Å². The molecule has 0 unspecified atom stereocenters. The normalized spacial score (nSPS) is 10.6. The highest BCUT2D eigenvalue weighted by Gasteiger charge is 2.16. The highest BCUT2D eigenvalue weighted by molar-refractivity contribution is 7.99. The molecule has 3 aromatic rings. The second-order valence-corrected chi connectivity index (χ2v) is 8.32. The molecule has 1 aromatic heterocycles. The Morgan fingerprint density at radius 3 is 2.48 bits per heavy atom. The molecule has 0 spiro atoms. The fraction of sp³-hybridized carbons (Fsp3) is 0.227. The Kier molecular flexibility index (Phi) is 7.43. The van der Waals surface area contributed by atoms with E-state index in [0.29, 0.717) is 5.75 Å². The lowest BCUT2D eigenvalue weighted by molar-refractivity contribution is 0.0595. The summed E-state index contributed by atoms with van der Waals surface area (Å²) in [6.07, 6.45) is 1.01. The molecule has 0 saturated heterocycles. The summed E-state index contributed by atoms with van der Waals surface area (Å²) in [6.45, 7) is 1.96. The topological polar surface area (TPSA) is 65.5 Å². The number of nitrogens with zero attached hydrogens (tertiary/aromatic N) is 1. The molecule has 5 nitrogen and oxygen atoms in total. The van der Waals surface area contributed by atoms with Gasteiger partial charge in [-0.05, 0) is 43.2 Å². The number of Topliss-reactive ketones (excluding diaryl/α,β-unsaturated/α-hetero) is 1. The number of thioether (sulfide) groups is 1. The molecule has 0 aliphatic carbocycles. The molecule has 0 atom stereocenters. The van der Waals surface area contributed by atoms with E-state index in [1.54, 1.807) is 11.8 Å². The van der Waals surface area contributed by atoms with Crippen LogP contribution in [0.1, 0.15) is 31.4 Å². The van der Waals surface area contributed by atoms with Crippen LogP contribution in [0.15, 0.2) is 58.8 Å². The van der Waals surface area contributed by atoms with Crippen molar-refractivity contribution in [3.05, 3.63) is 75.7 Å². The molecule has 2 aromatic carbocycles. The molecule has 0 radical (unpaired) electrons. The quantitative estimate of drug-likeness (QED) is 0.277. The molecule has 29 heavy (non-hydrogen) atoms. The number of rotatable bonds is 9. The summed E-state index contributed by atoms with van der Waals surface area (Å²) in [4.78, 5) is 28.7. The van der Waals surface area contributed by atoms with E-state index in [1.165, 1.54) is 23.6 Å². The van der Waals surface area contributed by atoms with Gasteiger partial charge in [0.15, 0.2) is 17.3 Å². The van der Waals surface area contributed by atoms with Crippen LogP contribution in [0.2, 0.25) is 0 Å². The summed E-state index contributed by atoms with van der Waals surface area (Å²) in [5.41, 5.74) is 2.74. The van der Waals surface area contributed by atoms with Crippen molar-refractivity contribution in [1.82, 2.24) is 4.98 Å². The molecule has 0 bridgehead atoms. The van der Waals surface area contributed by atoms with E-state index in [1.807, 2.05) is 24.3 Å². The summed E-state index contributed by atoms with van der Waals surface area (Å²) in [5.74, 6) is 0.776. The number of carbonyl (C=O) groups excluding carboxylic acids is 2. The highest BCUT2D eigenvalue weighted by Crippen LogP contribution is 2.23. The number of esters is 1. The van der Waals surface area contributed by atoms with Gasteiger partial charge in [0.1, 0.15) is 5.75 Å². The van der Waals surface area contributed by atoms with E-state index < -0.39 is 5.97 Å². The molecular weight excluding hydrogens is 406 g/mol. The van der Waals surface area contributed by atoms with Crippen LogP contribution in [0.3, 0.4) is 0 Å². The van der Waals surface area contributed by atoms with Gasteiger partial charge < -0.3 is 9.47 Å². The van der Waals surface area contributed by atoms with Gasteiger partial charge in [-0.1, -0.05) is 29.8 Å². The average molecular weight is 428 g/mol. The van der Waals surface area contributed by atoms with Gasteiger partial charge in [0.25, 0.3) is 0 Å². The molecular formula is C22H21NO4S2. The number of aromatic nitrogens is 1. The van der Waals surface area contributed by atoms with Crippen LogP contribution in [0.25, 0.3) is 0 Å². The highest BCUT2D eigenvalue weighted by atomic mass is 32.2. The third kappa shape index (κ3) is 6.17. The van der Waals surface area contributed by atoms with Crippen LogP contribution in [-0.2, 0) is 11.2 Å². The third-order valence-corrected chi connectivity index (χ3v) is 6.01. The van der Waals surface area contributed by atoms with Crippen molar-refractivity contribution in [3.63, 3.8) is 0 Å². The number of carbonyl (C=O) groups is 2. The second kappa shape index (κ2) is 10.2. The number of hydrogen-bond donors (Lipinski definition) is 0. The molecule has 7 heteroatoms. The van der Waals surface area contributed by atoms with E-state index in [9.17, 15) is 9.59 Å². The molecule has 0 N–H and O–H groups in total. The lowest BCUT2D eigenvalue weighted by atomic mass is 10.1.